The molecule has 1 spiro atoms. The smallest absolute Gasteiger partial charge is 0.254 e. The zero-order valence-corrected chi connectivity index (χ0v) is 24.5. The van der Waals surface area contributed by atoms with E-state index in [2.05, 4.69) is 10.2 Å². The number of nitrogens with zero attached hydrogens (tertiary/aromatic N) is 1. The molecule has 1 saturated heterocycles. The summed E-state index contributed by atoms with van der Waals surface area (Å²) in [5.41, 5.74) is 1.16. The van der Waals surface area contributed by atoms with Gasteiger partial charge in [0.05, 0.1) is 12.7 Å². The summed E-state index contributed by atoms with van der Waals surface area (Å²) in [7, 11) is 3.20. The zero-order valence-electron chi connectivity index (χ0n) is 23.7. The van der Waals surface area contributed by atoms with Crippen LogP contribution in [0.1, 0.15) is 41.3 Å². The molecule has 2 aliphatic rings. The number of hydrogen-bond donors (Lipinski definition) is 2. The van der Waals surface area contributed by atoms with Crippen LogP contribution in [0.3, 0.4) is 0 Å². The Morgan fingerprint density at radius 1 is 1.07 bits per heavy atom. The molecule has 0 aliphatic carbocycles. The van der Waals surface area contributed by atoms with Crippen LogP contribution in [-0.2, 0) is 13.0 Å². The van der Waals surface area contributed by atoms with Gasteiger partial charge in [0, 0.05) is 57.0 Å². The van der Waals surface area contributed by atoms with Crippen LogP contribution < -0.4 is 24.3 Å². The lowest BCUT2D eigenvalue weighted by molar-refractivity contribution is -0.0431. The Kier molecular flexibility index (Phi) is 8.63. The molecule has 5 rings (SSSR count). The maximum atomic E-state index is 12.5. The number of likely N-dealkylation sites (tertiary alicyclic amines) is 1. The first kappa shape index (κ1) is 29.0. The summed E-state index contributed by atoms with van der Waals surface area (Å²) in [5, 5.41) is 14.6. The summed E-state index contributed by atoms with van der Waals surface area (Å²) < 4.78 is 23.6. The monoisotopic (exact) mass is 580 g/mol. The Hall–Kier alpha value is -3.46. The molecule has 41 heavy (non-hydrogen) atoms. The summed E-state index contributed by atoms with van der Waals surface area (Å²) in [6.45, 7) is 4.15. The molecule has 1 amide bonds. The van der Waals surface area contributed by atoms with E-state index in [1.807, 2.05) is 42.5 Å². The van der Waals surface area contributed by atoms with Crippen LogP contribution in [-0.4, -0.2) is 67.5 Å². The lowest BCUT2D eigenvalue weighted by Crippen LogP contribution is -2.52. The zero-order chi connectivity index (χ0) is 29.0. The predicted octanol–water partition coefficient (Wildman–Crippen LogP) is 4.89. The van der Waals surface area contributed by atoms with E-state index in [1.165, 1.54) is 0 Å². The van der Waals surface area contributed by atoms with E-state index in [9.17, 15) is 9.90 Å². The lowest BCUT2D eigenvalue weighted by Gasteiger charge is -2.41. The third kappa shape index (κ3) is 7.07. The van der Waals surface area contributed by atoms with Crippen molar-refractivity contribution in [1.29, 1.82) is 0 Å². The van der Waals surface area contributed by atoms with Crippen molar-refractivity contribution >= 4 is 17.5 Å². The minimum Gasteiger partial charge on any atom is -0.497 e. The highest BCUT2D eigenvalue weighted by atomic mass is 35.5. The number of halogens is 1. The Labute approximate surface area is 246 Å². The number of benzene rings is 3. The molecule has 1 unspecified atom stereocenters. The molecular weight excluding hydrogens is 544 g/mol. The van der Waals surface area contributed by atoms with Crippen molar-refractivity contribution in [2.45, 2.75) is 44.0 Å². The van der Waals surface area contributed by atoms with Crippen LogP contribution in [0.25, 0.3) is 0 Å². The summed E-state index contributed by atoms with van der Waals surface area (Å²) in [5.74, 6) is 2.33. The summed E-state index contributed by atoms with van der Waals surface area (Å²) in [4.78, 5) is 14.8. The molecule has 1 atom stereocenters. The van der Waals surface area contributed by atoms with Gasteiger partial charge in [0.15, 0.2) is 0 Å². The second-order valence-electron chi connectivity index (χ2n) is 11.1. The number of rotatable bonds is 10. The van der Waals surface area contributed by atoms with Crippen molar-refractivity contribution in [2.75, 3.05) is 40.4 Å². The fraction of sp³-hybridized carbons (Fsp3) is 0.406. The molecule has 3 aromatic rings. The van der Waals surface area contributed by atoms with Crippen molar-refractivity contribution in [3.05, 3.63) is 82.4 Å². The van der Waals surface area contributed by atoms with Crippen LogP contribution in [0.15, 0.2) is 60.7 Å². The maximum absolute atomic E-state index is 12.5. The molecule has 2 N–H and O–H groups in total. The number of β-amino-alcohol motifs (C(OH)–C–C–N with tert-alkyl or cyclic N) is 1. The second-order valence-corrected chi connectivity index (χ2v) is 11.6. The van der Waals surface area contributed by atoms with E-state index in [0.29, 0.717) is 30.2 Å². The number of piperidine rings is 1. The highest BCUT2D eigenvalue weighted by Gasteiger charge is 2.43. The number of fused-ring (bicyclic) bond motifs is 1. The number of carbonyl (C=O) groups is 1. The normalized spacial score (nSPS) is 17.3. The second kappa shape index (κ2) is 12.2. The number of nitrogens with one attached hydrogen (secondary N) is 1. The summed E-state index contributed by atoms with van der Waals surface area (Å²) in [6, 6.07) is 18.5. The highest BCUT2D eigenvalue weighted by molar-refractivity contribution is 6.30. The SMILES string of the molecule is CNC(=O)c1ccc(OCc2ccc(OC)cc2)cc1OCC(C)(O)CN1CCC2(CC1)Cc1cc(Cl)ccc1O2. The Morgan fingerprint density at radius 2 is 1.80 bits per heavy atom. The van der Waals surface area contributed by atoms with E-state index in [-0.39, 0.29) is 18.1 Å². The number of ether oxygens (including phenoxy) is 4. The van der Waals surface area contributed by atoms with Gasteiger partial charge >= 0.3 is 0 Å². The van der Waals surface area contributed by atoms with Crippen LogP contribution in [0, 0.1) is 0 Å². The van der Waals surface area contributed by atoms with Gasteiger partial charge in [0.2, 0.25) is 0 Å². The van der Waals surface area contributed by atoms with Gasteiger partial charge in [-0.25, -0.2) is 0 Å². The van der Waals surface area contributed by atoms with Crippen LogP contribution in [0.2, 0.25) is 5.02 Å². The van der Waals surface area contributed by atoms with Gasteiger partial charge in [-0.15, -0.1) is 0 Å². The molecular formula is C32H37ClN2O6. The largest absolute Gasteiger partial charge is 0.497 e. The standard InChI is InChI=1S/C32H37ClN2O6/c1-31(37,20-35-14-12-32(13-15-35)18-23-16-24(33)6-11-28(23)41-32)21-40-29-17-26(9-10-27(29)30(36)34-2)39-19-22-4-7-25(38-3)8-5-22/h4-11,16-17,37H,12-15,18-21H2,1-3H3,(H,34,36). The maximum Gasteiger partial charge on any atom is 0.254 e. The van der Waals surface area contributed by atoms with Crippen LogP contribution >= 0.6 is 11.6 Å². The van der Waals surface area contributed by atoms with Gasteiger partial charge in [-0.3, -0.25) is 4.79 Å². The first-order valence-electron chi connectivity index (χ1n) is 13.8. The van der Waals surface area contributed by atoms with Gasteiger partial charge < -0.3 is 34.3 Å². The third-order valence-corrected chi connectivity index (χ3v) is 7.96. The molecule has 218 valence electrons. The Morgan fingerprint density at radius 3 is 2.51 bits per heavy atom. The van der Waals surface area contributed by atoms with E-state index < -0.39 is 5.60 Å². The van der Waals surface area contributed by atoms with E-state index in [4.69, 9.17) is 30.5 Å². The first-order chi connectivity index (χ1) is 19.7. The van der Waals surface area contributed by atoms with Crippen LogP contribution in [0.4, 0.5) is 0 Å². The molecule has 9 heteroatoms. The molecule has 3 aromatic carbocycles. The average molecular weight is 581 g/mol. The van der Waals surface area contributed by atoms with Crippen molar-refractivity contribution in [3.8, 4) is 23.0 Å². The van der Waals surface area contributed by atoms with Gasteiger partial charge in [0.1, 0.15) is 47.4 Å². The molecule has 1 fully saturated rings. The average Bonchev–Trinajstić information content (AvgIpc) is 3.33. The third-order valence-electron chi connectivity index (χ3n) is 7.72. The van der Waals surface area contributed by atoms with Crippen molar-refractivity contribution in [3.63, 3.8) is 0 Å². The van der Waals surface area contributed by atoms with Crippen molar-refractivity contribution in [1.82, 2.24) is 10.2 Å². The van der Waals surface area contributed by atoms with Crippen molar-refractivity contribution in [2.24, 2.45) is 0 Å². The Balaban J connectivity index is 1.17. The minimum absolute atomic E-state index is 0.0149. The summed E-state index contributed by atoms with van der Waals surface area (Å²) >= 11 is 6.18. The number of aliphatic hydroxyl groups is 1. The summed E-state index contributed by atoms with van der Waals surface area (Å²) in [6.07, 6.45) is 2.59. The number of amides is 1. The molecule has 0 saturated carbocycles. The first-order valence-corrected chi connectivity index (χ1v) is 14.2. The highest BCUT2D eigenvalue weighted by Crippen LogP contribution is 2.42. The molecule has 8 nitrogen and oxygen atoms in total. The topological polar surface area (TPSA) is 89.5 Å². The minimum atomic E-state index is -1.14. The number of carbonyl (C=O) groups excluding carboxylic acids is 1. The molecule has 0 radical (unpaired) electrons. The van der Waals surface area contributed by atoms with E-state index >= 15 is 0 Å². The molecule has 2 aliphatic heterocycles. The number of methoxy groups -OCH3 is 1. The van der Waals surface area contributed by atoms with Gasteiger partial charge in [-0.05, 0) is 60.5 Å². The number of hydrogen-bond acceptors (Lipinski definition) is 7. The van der Waals surface area contributed by atoms with Crippen LogP contribution in [0.5, 0.6) is 23.0 Å². The fourth-order valence-electron chi connectivity index (χ4n) is 5.48. The lowest BCUT2D eigenvalue weighted by atomic mass is 9.86. The van der Waals surface area contributed by atoms with E-state index in [1.54, 1.807) is 39.3 Å². The quantitative estimate of drug-likeness (QED) is 0.353. The molecule has 0 bridgehead atoms. The van der Waals surface area contributed by atoms with E-state index in [0.717, 1.165) is 60.0 Å². The van der Waals surface area contributed by atoms with Gasteiger partial charge in [0.25, 0.3) is 5.91 Å². The fourth-order valence-corrected chi connectivity index (χ4v) is 5.68. The Bertz CT molecular complexity index is 1370. The molecule has 2 heterocycles. The van der Waals surface area contributed by atoms with Crippen molar-refractivity contribution < 1.29 is 28.8 Å². The van der Waals surface area contributed by atoms with Gasteiger partial charge in [-0.1, -0.05) is 23.7 Å². The predicted molar refractivity (Wildman–Crippen MR) is 157 cm³/mol. The van der Waals surface area contributed by atoms with Gasteiger partial charge in [-0.2, -0.15) is 0 Å². The molecule has 0 aromatic heterocycles.